The van der Waals surface area contributed by atoms with Crippen LogP contribution in [0.1, 0.15) is 47.1 Å². The van der Waals surface area contributed by atoms with Crippen LogP contribution in [0.15, 0.2) is 36.5 Å². The number of methoxy groups -OCH3 is 1. The van der Waals surface area contributed by atoms with Crippen LogP contribution < -0.4 is 15.4 Å². The Labute approximate surface area is 186 Å². The molecule has 1 aromatic carbocycles. The summed E-state index contributed by atoms with van der Waals surface area (Å²) in [5, 5.41) is 5.89. The minimum atomic E-state index is -0.674. The Kier molecular flexibility index (Phi) is 7.35. The van der Waals surface area contributed by atoms with Crippen LogP contribution in [0.5, 0.6) is 5.88 Å². The van der Waals surface area contributed by atoms with E-state index in [1.807, 2.05) is 0 Å². The molecule has 0 aliphatic heterocycles. The van der Waals surface area contributed by atoms with Crippen LogP contribution >= 0.6 is 0 Å². The monoisotopic (exact) mass is 440 g/mol. The van der Waals surface area contributed by atoms with Crippen molar-refractivity contribution >= 4 is 23.0 Å². The molecule has 0 bridgehead atoms. The maximum atomic E-state index is 14.1. The molecule has 0 radical (unpaired) electrons. The number of nitrogens with one attached hydrogen (secondary N) is 2. The Bertz CT molecular complexity index is 1140. The molecule has 8 heteroatoms. The number of aryl methyl sites for hydroxylation is 3. The van der Waals surface area contributed by atoms with Crippen molar-refractivity contribution in [1.29, 1.82) is 0 Å². The summed E-state index contributed by atoms with van der Waals surface area (Å²) >= 11 is 0. The second-order valence-electron chi connectivity index (χ2n) is 7.48. The number of benzene rings is 1. The van der Waals surface area contributed by atoms with Gasteiger partial charge in [0.25, 0.3) is 5.91 Å². The molecule has 3 aromatic rings. The first-order valence-electron chi connectivity index (χ1n) is 10.4. The van der Waals surface area contributed by atoms with Crippen LogP contribution in [-0.2, 0) is 6.42 Å². The molecule has 1 amide bonds. The second kappa shape index (κ2) is 10.2. The Hall–Kier alpha value is -3.55. The van der Waals surface area contributed by atoms with Crippen LogP contribution in [0.3, 0.4) is 0 Å². The van der Waals surface area contributed by atoms with E-state index < -0.39 is 11.7 Å². The highest BCUT2D eigenvalue weighted by molar-refractivity contribution is 6.08. The zero-order chi connectivity index (χ0) is 23.3. The van der Waals surface area contributed by atoms with Gasteiger partial charge in [0, 0.05) is 17.4 Å². The molecule has 2 N–H and O–H groups in total. The van der Waals surface area contributed by atoms with E-state index in [4.69, 9.17) is 4.74 Å². The van der Waals surface area contributed by atoms with Gasteiger partial charge < -0.3 is 15.4 Å². The number of nitrogens with zero attached hydrogens (tertiary/aromatic N) is 2. The Morgan fingerprint density at radius 2 is 1.88 bits per heavy atom. The van der Waals surface area contributed by atoms with E-state index in [9.17, 15) is 13.6 Å². The van der Waals surface area contributed by atoms with Gasteiger partial charge in [0.05, 0.1) is 35.9 Å². The molecule has 0 fully saturated rings. The standard InChI is InChI=1S/C24H26F2N4O2/c1-5-6-7-17-11-18(22(13-27-17)29-20-9-8-16(25)10-14(20)2)23(31)30-21-12-19(26)24(32-4)28-15(21)3/h8-13,29H,5-7H2,1-4H3,(H,30,31). The molecule has 0 aliphatic carbocycles. The lowest BCUT2D eigenvalue weighted by molar-refractivity contribution is 0.102. The summed E-state index contributed by atoms with van der Waals surface area (Å²) in [7, 11) is 1.33. The predicted molar refractivity (Wildman–Crippen MR) is 121 cm³/mol. The van der Waals surface area contributed by atoms with E-state index in [1.165, 1.54) is 25.3 Å². The van der Waals surface area contributed by atoms with Gasteiger partial charge in [-0.15, -0.1) is 0 Å². The quantitative estimate of drug-likeness (QED) is 0.469. The van der Waals surface area contributed by atoms with E-state index in [0.29, 0.717) is 28.2 Å². The summed E-state index contributed by atoms with van der Waals surface area (Å²) in [5.74, 6) is -1.60. The second-order valence-corrected chi connectivity index (χ2v) is 7.48. The smallest absolute Gasteiger partial charge is 0.257 e. The van der Waals surface area contributed by atoms with E-state index in [1.54, 1.807) is 32.2 Å². The molecule has 2 heterocycles. The van der Waals surface area contributed by atoms with Crippen molar-refractivity contribution in [3.63, 3.8) is 0 Å². The number of halogens is 2. The third-order valence-electron chi connectivity index (χ3n) is 5.03. The van der Waals surface area contributed by atoms with Crippen LogP contribution in [0.25, 0.3) is 0 Å². The lowest BCUT2D eigenvalue weighted by atomic mass is 10.1. The lowest BCUT2D eigenvalue weighted by Crippen LogP contribution is -2.16. The number of carbonyl (C=O) groups is 1. The molecule has 0 saturated carbocycles. The average Bonchev–Trinajstić information content (AvgIpc) is 2.77. The molecule has 0 aliphatic rings. The first kappa shape index (κ1) is 23.1. The molecule has 0 saturated heterocycles. The summed E-state index contributed by atoms with van der Waals surface area (Å²) in [5.41, 5.74) is 3.56. The molecular weight excluding hydrogens is 414 g/mol. The number of hydrogen-bond acceptors (Lipinski definition) is 5. The largest absolute Gasteiger partial charge is 0.479 e. The molecule has 0 unspecified atom stereocenters. The SMILES string of the molecule is CCCCc1cc(C(=O)Nc2cc(F)c(OC)nc2C)c(Nc2ccc(F)cc2C)cn1. The molecule has 0 spiro atoms. The average molecular weight is 440 g/mol. The molecule has 3 rings (SSSR count). The predicted octanol–water partition coefficient (Wildman–Crippen LogP) is 5.72. The van der Waals surface area contributed by atoms with E-state index in [0.717, 1.165) is 25.0 Å². The van der Waals surface area contributed by atoms with Crippen molar-refractivity contribution in [3.05, 3.63) is 70.7 Å². The fraction of sp³-hybridized carbons (Fsp3) is 0.292. The normalized spacial score (nSPS) is 10.7. The minimum absolute atomic E-state index is 0.139. The summed E-state index contributed by atoms with van der Waals surface area (Å²) in [4.78, 5) is 21.7. The van der Waals surface area contributed by atoms with E-state index >= 15 is 0 Å². The van der Waals surface area contributed by atoms with Crippen molar-refractivity contribution < 1.29 is 18.3 Å². The van der Waals surface area contributed by atoms with Crippen molar-refractivity contribution in [2.75, 3.05) is 17.7 Å². The number of rotatable bonds is 8. The number of amides is 1. The van der Waals surface area contributed by atoms with Gasteiger partial charge in [-0.2, -0.15) is 0 Å². The fourth-order valence-corrected chi connectivity index (χ4v) is 3.21. The molecule has 6 nitrogen and oxygen atoms in total. The molecule has 0 atom stereocenters. The molecule has 2 aromatic heterocycles. The summed E-state index contributed by atoms with van der Waals surface area (Å²) in [6.45, 7) is 5.50. The highest BCUT2D eigenvalue weighted by atomic mass is 19.1. The molecule has 168 valence electrons. The van der Waals surface area contributed by atoms with Crippen molar-refractivity contribution in [2.24, 2.45) is 0 Å². The number of aromatic nitrogens is 2. The Morgan fingerprint density at radius 3 is 2.56 bits per heavy atom. The van der Waals surface area contributed by atoms with Crippen LogP contribution in [0.4, 0.5) is 25.8 Å². The number of hydrogen-bond donors (Lipinski definition) is 2. The van der Waals surface area contributed by atoms with Crippen LogP contribution in [-0.4, -0.2) is 23.0 Å². The number of ether oxygens (including phenoxy) is 1. The zero-order valence-corrected chi connectivity index (χ0v) is 18.6. The maximum Gasteiger partial charge on any atom is 0.257 e. The van der Waals surface area contributed by atoms with Gasteiger partial charge in [-0.05, 0) is 56.5 Å². The lowest BCUT2D eigenvalue weighted by Gasteiger charge is -2.16. The Balaban J connectivity index is 1.96. The third-order valence-corrected chi connectivity index (χ3v) is 5.03. The van der Waals surface area contributed by atoms with Gasteiger partial charge in [0.1, 0.15) is 5.82 Å². The van der Waals surface area contributed by atoms with Gasteiger partial charge in [0.2, 0.25) is 5.88 Å². The van der Waals surface area contributed by atoms with Crippen LogP contribution in [0, 0.1) is 25.5 Å². The number of anilines is 3. The van der Waals surface area contributed by atoms with Gasteiger partial charge in [-0.3, -0.25) is 9.78 Å². The summed E-state index contributed by atoms with van der Waals surface area (Å²) in [6, 6.07) is 7.24. The Morgan fingerprint density at radius 1 is 1.09 bits per heavy atom. The number of pyridine rings is 2. The van der Waals surface area contributed by atoms with Crippen molar-refractivity contribution in [2.45, 2.75) is 40.0 Å². The molecule has 32 heavy (non-hydrogen) atoms. The fourth-order valence-electron chi connectivity index (χ4n) is 3.21. The topological polar surface area (TPSA) is 76.1 Å². The highest BCUT2D eigenvalue weighted by Gasteiger charge is 2.18. The first-order chi connectivity index (χ1) is 15.3. The van der Waals surface area contributed by atoms with Gasteiger partial charge in [0.15, 0.2) is 5.82 Å². The molecular formula is C24H26F2N4O2. The zero-order valence-electron chi connectivity index (χ0n) is 18.6. The van der Waals surface area contributed by atoms with Gasteiger partial charge in [-0.25, -0.2) is 13.8 Å². The van der Waals surface area contributed by atoms with Crippen molar-refractivity contribution in [1.82, 2.24) is 9.97 Å². The maximum absolute atomic E-state index is 14.1. The first-order valence-corrected chi connectivity index (χ1v) is 10.4. The minimum Gasteiger partial charge on any atom is -0.479 e. The summed E-state index contributed by atoms with van der Waals surface area (Å²) in [6.07, 6.45) is 4.24. The van der Waals surface area contributed by atoms with Crippen LogP contribution in [0.2, 0.25) is 0 Å². The summed E-state index contributed by atoms with van der Waals surface area (Å²) < 4.78 is 32.5. The van der Waals surface area contributed by atoms with Gasteiger partial charge >= 0.3 is 0 Å². The third kappa shape index (κ3) is 5.38. The number of unbranched alkanes of at least 4 members (excludes halogenated alkanes) is 1. The van der Waals surface area contributed by atoms with E-state index in [2.05, 4.69) is 27.5 Å². The number of carbonyl (C=O) groups excluding carboxylic acids is 1. The highest BCUT2D eigenvalue weighted by Crippen LogP contribution is 2.27. The van der Waals surface area contributed by atoms with Gasteiger partial charge in [-0.1, -0.05) is 13.3 Å². The van der Waals surface area contributed by atoms with Crippen molar-refractivity contribution in [3.8, 4) is 5.88 Å². The van der Waals surface area contributed by atoms with E-state index in [-0.39, 0.29) is 17.4 Å².